The van der Waals surface area contributed by atoms with Crippen molar-refractivity contribution in [3.8, 4) is 6.07 Å². The van der Waals surface area contributed by atoms with Gasteiger partial charge in [-0.2, -0.15) is 5.26 Å². The smallest absolute Gasteiger partial charge is 0.226 e. The van der Waals surface area contributed by atoms with Crippen molar-refractivity contribution in [1.82, 2.24) is 19.8 Å². The maximum Gasteiger partial charge on any atom is 0.226 e. The van der Waals surface area contributed by atoms with Crippen molar-refractivity contribution in [3.05, 3.63) is 118 Å². The molecular weight excluding hydrogens is 606 g/mol. The zero-order chi connectivity index (χ0) is 30.9. The Morgan fingerprint density at radius 3 is 2.51 bits per heavy atom. The van der Waals surface area contributed by atoms with Crippen molar-refractivity contribution in [2.24, 2.45) is 5.92 Å². The van der Waals surface area contributed by atoms with E-state index in [1.54, 1.807) is 42.9 Å². The van der Waals surface area contributed by atoms with Crippen LogP contribution in [0.4, 0.5) is 10.1 Å². The molecule has 4 aromatic rings. The second-order valence-corrected chi connectivity index (χ2v) is 11.6. The fourth-order valence-corrected chi connectivity index (χ4v) is 5.07. The first kappa shape index (κ1) is 32.0. The van der Waals surface area contributed by atoms with Crippen LogP contribution in [0.5, 0.6) is 0 Å². The lowest BCUT2D eigenvalue weighted by atomic mass is 10.0. The van der Waals surface area contributed by atoms with E-state index in [9.17, 15) is 9.18 Å². The summed E-state index contributed by atoms with van der Waals surface area (Å²) in [4.78, 5) is 19.5. The monoisotopic (exact) mass is 636 g/mol. The van der Waals surface area contributed by atoms with E-state index in [1.807, 2.05) is 47.6 Å². The van der Waals surface area contributed by atoms with Gasteiger partial charge in [-0.3, -0.25) is 4.79 Å². The number of halogens is 3. The minimum absolute atomic E-state index is 0.0680. The Bertz CT molecular complexity index is 1600. The second kappa shape index (κ2) is 15.0. The van der Waals surface area contributed by atoms with Gasteiger partial charge in [0.2, 0.25) is 5.91 Å². The first-order valence-corrected chi connectivity index (χ1v) is 14.8. The van der Waals surface area contributed by atoms with Gasteiger partial charge in [-0.1, -0.05) is 61.3 Å². The Morgan fingerprint density at radius 1 is 1.12 bits per heavy atom. The molecule has 0 saturated heterocycles. The number of carbonyl (C=O) groups is 1. The lowest BCUT2D eigenvalue weighted by Gasteiger charge is -2.32. The molecule has 0 radical (unpaired) electrons. The molecule has 222 valence electrons. The Labute approximate surface area is 266 Å². The normalized spacial score (nSPS) is 11.6. The number of nitrogens with zero attached hydrogens (tertiary/aromatic N) is 4. The van der Waals surface area contributed by atoms with Gasteiger partial charge in [0, 0.05) is 43.3 Å². The molecule has 3 aromatic carbocycles. The van der Waals surface area contributed by atoms with Crippen LogP contribution in [0.15, 0.2) is 79.3 Å². The lowest BCUT2D eigenvalue weighted by molar-refractivity contribution is -0.121. The molecule has 0 fully saturated rings. The van der Waals surface area contributed by atoms with Gasteiger partial charge in [0.15, 0.2) is 5.11 Å². The summed E-state index contributed by atoms with van der Waals surface area (Å²) in [5.41, 5.74) is 3.76. The fourth-order valence-electron chi connectivity index (χ4n) is 4.43. The van der Waals surface area contributed by atoms with Crippen LogP contribution in [0.25, 0.3) is 0 Å². The molecule has 7 nitrogen and oxygen atoms in total. The highest BCUT2D eigenvalue weighted by atomic mass is 35.5. The van der Waals surface area contributed by atoms with Gasteiger partial charge in [0.25, 0.3) is 0 Å². The quantitative estimate of drug-likeness (QED) is 0.176. The summed E-state index contributed by atoms with van der Waals surface area (Å²) in [5.74, 6) is -0.434. The van der Waals surface area contributed by atoms with Crippen molar-refractivity contribution in [2.75, 3.05) is 11.9 Å². The van der Waals surface area contributed by atoms with Crippen LogP contribution in [0.3, 0.4) is 0 Å². The van der Waals surface area contributed by atoms with Crippen molar-refractivity contribution >= 4 is 52.1 Å². The number of imidazole rings is 1. The number of aromatic nitrogens is 2. The number of amides is 1. The van der Waals surface area contributed by atoms with Gasteiger partial charge >= 0.3 is 0 Å². The van der Waals surface area contributed by atoms with E-state index in [4.69, 9.17) is 40.7 Å². The number of thiocarbonyl (C=S) groups is 1. The number of benzene rings is 3. The van der Waals surface area contributed by atoms with Gasteiger partial charge in [-0.25, -0.2) is 9.37 Å². The summed E-state index contributed by atoms with van der Waals surface area (Å²) in [6.07, 6.45) is 3.51. The van der Waals surface area contributed by atoms with Crippen LogP contribution in [0.1, 0.15) is 36.2 Å². The maximum atomic E-state index is 13.5. The van der Waals surface area contributed by atoms with E-state index in [0.29, 0.717) is 46.0 Å². The van der Waals surface area contributed by atoms with Crippen LogP contribution < -0.4 is 10.6 Å². The lowest BCUT2D eigenvalue weighted by Crippen LogP contribution is -2.49. The summed E-state index contributed by atoms with van der Waals surface area (Å²) in [5, 5.41) is 16.6. The highest BCUT2D eigenvalue weighted by Gasteiger charge is 2.23. The van der Waals surface area contributed by atoms with Gasteiger partial charge in [0.1, 0.15) is 5.82 Å². The summed E-state index contributed by atoms with van der Waals surface area (Å²) in [6, 6.07) is 20.5. The van der Waals surface area contributed by atoms with Crippen molar-refractivity contribution in [3.63, 3.8) is 0 Å². The third kappa shape index (κ3) is 9.01. The number of hydrogen-bond donors (Lipinski definition) is 2. The third-order valence-corrected chi connectivity index (χ3v) is 8.14. The number of rotatable bonds is 11. The molecule has 1 heterocycles. The number of nitriles is 1. The number of nitrogens with one attached hydrogen (secondary N) is 2. The standard InChI is InChI=1S/C32H31Cl2FN6OS/c1-21(2)29(39-30(42)14-27-16-37-20-41(27)17-23-8-6-22(15-36)7-9-23)19-40(18-24-4-3-5-28(33)31(24)34)32(43)38-26-12-10-25(35)11-13-26/h3-13,16,20-21,29H,14,17-19H2,1-2H3,(H,38,43)(H,39,42)/t29-/m1/s1. The molecule has 0 bridgehead atoms. The van der Waals surface area contributed by atoms with Gasteiger partial charge in [-0.15, -0.1) is 0 Å². The largest absolute Gasteiger partial charge is 0.351 e. The molecular formula is C32H31Cl2FN6OS. The van der Waals surface area contributed by atoms with Crippen molar-refractivity contribution < 1.29 is 9.18 Å². The van der Waals surface area contributed by atoms with Crippen molar-refractivity contribution in [2.45, 2.75) is 39.4 Å². The molecule has 2 N–H and O–H groups in total. The van der Waals surface area contributed by atoms with E-state index >= 15 is 0 Å². The molecule has 0 spiro atoms. The van der Waals surface area contributed by atoms with Crippen LogP contribution in [-0.4, -0.2) is 38.1 Å². The minimum Gasteiger partial charge on any atom is -0.351 e. The van der Waals surface area contributed by atoms with E-state index in [2.05, 4.69) is 21.7 Å². The zero-order valence-electron chi connectivity index (χ0n) is 23.7. The SMILES string of the molecule is CC(C)[C@@H](CN(Cc1cccc(Cl)c1Cl)C(=S)Nc1ccc(F)cc1)NC(=O)Cc1cncn1Cc1ccc(C#N)cc1. The van der Waals surface area contributed by atoms with E-state index in [-0.39, 0.29) is 30.1 Å². The van der Waals surface area contributed by atoms with Gasteiger partial charge in [-0.05, 0) is 71.7 Å². The molecule has 1 atom stereocenters. The van der Waals surface area contributed by atoms with Crippen molar-refractivity contribution in [1.29, 1.82) is 5.26 Å². The molecule has 0 saturated carbocycles. The molecule has 43 heavy (non-hydrogen) atoms. The summed E-state index contributed by atoms with van der Waals surface area (Å²) < 4.78 is 15.4. The Hall–Kier alpha value is -3.97. The average molecular weight is 638 g/mol. The summed E-state index contributed by atoms with van der Waals surface area (Å²) >= 11 is 18.6. The Morgan fingerprint density at radius 2 is 1.84 bits per heavy atom. The fraction of sp³-hybridized carbons (Fsp3) is 0.250. The molecule has 0 aliphatic heterocycles. The average Bonchev–Trinajstić information content (AvgIpc) is 3.41. The van der Waals surface area contributed by atoms with Crippen LogP contribution >= 0.6 is 35.4 Å². The molecule has 1 amide bonds. The Balaban J connectivity index is 1.48. The maximum absolute atomic E-state index is 13.5. The van der Waals surface area contributed by atoms with Crippen LogP contribution in [0, 0.1) is 23.1 Å². The van der Waals surface area contributed by atoms with Gasteiger partial charge in [0.05, 0.1) is 34.4 Å². The van der Waals surface area contributed by atoms with E-state index < -0.39 is 0 Å². The first-order valence-electron chi connectivity index (χ1n) is 13.6. The molecule has 0 aliphatic carbocycles. The Kier molecular flexibility index (Phi) is 11.1. The molecule has 4 rings (SSSR count). The highest BCUT2D eigenvalue weighted by molar-refractivity contribution is 7.80. The van der Waals surface area contributed by atoms with E-state index in [0.717, 1.165) is 16.8 Å². The second-order valence-electron chi connectivity index (χ2n) is 10.4. The number of carbonyl (C=O) groups excluding carboxylic acids is 1. The number of hydrogen-bond acceptors (Lipinski definition) is 4. The first-order chi connectivity index (χ1) is 20.6. The topological polar surface area (TPSA) is 86.0 Å². The van der Waals surface area contributed by atoms with Crippen LogP contribution in [-0.2, 0) is 24.3 Å². The molecule has 1 aromatic heterocycles. The predicted molar refractivity (Wildman–Crippen MR) is 172 cm³/mol. The molecule has 0 aliphatic rings. The third-order valence-electron chi connectivity index (χ3n) is 6.92. The predicted octanol–water partition coefficient (Wildman–Crippen LogP) is 6.83. The zero-order valence-corrected chi connectivity index (χ0v) is 26.1. The van der Waals surface area contributed by atoms with E-state index in [1.165, 1.54) is 12.1 Å². The number of anilines is 1. The summed E-state index contributed by atoms with van der Waals surface area (Å²) in [7, 11) is 0. The van der Waals surface area contributed by atoms with Gasteiger partial charge < -0.3 is 20.1 Å². The molecule has 0 unspecified atom stereocenters. The van der Waals surface area contributed by atoms with Crippen LogP contribution in [0.2, 0.25) is 10.0 Å². The summed E-state index contributed by atoms with van der Waals surface area (Å²) in [6.45, 7) is 5.30. The minimum atomic E-state index is -0.347. The molecule has 11 heteroatoms. The highest BCUT2D eigenvalue weighted by Crippen LogP contribution is 2.27.